The van der Waals surface area contributed by atoms with Gasteiger partial charge in [0.1, 0.15) is 6.04 Å². The normalized spacial score (nSPS) is 14.8. The van der Waals surface area contributed by atoms with Gasteiger partial charge in [0.25, 0.3) is 0 Å². The Morgan fingerprint density at radius 3 is 2.03 bits per heavy atom. The number of carbonyl (C=O) groups is 2. The van der Waals surface area contributed by atoms with Crippen molar-refractivity contribution < 1.29 is 9.59 Å². The van der Waals surface area contributed by atoms with Gasteiger partial charge in [-0.2, -0.15) is 0 Å². The fourth-order valence-electron chi connectivity index (χ4n) is 4.76. The fraction of sp³-hybridized carbons (Fsp3) is 0.333. The Morgan fingerprint density at radius 1 is 0.800 bits per heavy atom. The van der Waals surface area contributed by atoms with Crippen LogP contribution in [0.1, 0.15) is 48.8 Å². The molecule has 0 radical (unpaired) electrons. The summed E-state index contributed by atoms with van der Waals surface area (Å²) < 4.78 is 0.985. The van der Waals surface area contributed by atoms with Gasteiger partial charge < -0.3 is 10.2 Å². The van der Waals surface area contributed by atoms with E-state index in [9.17, 15) is 9.59 Å². The van der Waals surface area contributed by atoms with Crippen LogP contribution in [0.4, 0.5) is 0 Å². The van der Waals surface area contributed by atoms with E-state index in [1.54, 1.807) is 4.90 Å². The lowest BCUT2D eigenvalue weighted by atomic mass is 9.94. The highest BCUT2D eigenvalue weighted by Crippen LogP contribution is 2.21. The zero-order valence-electron chi connectivity index (χ0n) is 20.0. The molecule has 0 aliphatic heterocycles. The van der Waals surface area contributed by atoms with Gasteiger partial charge in [-0.05, 0) is 41.7 Å². The van der Waals surface area contributed by atoms with E-state index in [1.807, 2.05) is 84.9 Å². The number of nitrogens with one attached hydrogen (secondary N) is 1. The van der Waals surface area contributed by atoms with Gasteiger partial charge in [0.15, 0.2) is 0 Å². The van der Waals surface area contributed by atoms with E-state index in [-0.39, 0.29) is 24.3 Å². The molecule has 1 aliphatic rings. The zero-order chi connectivity index (χ0) is 24.5. The van der Waals surface area contributed by atoms with Crippen LogP contribution in [0.3, 0.4) is 0 Å². The van der Waals surface area contributed by atoms with Gasteiger partial charge in [-0.1, -0.05) is 108 Å². The maximum Gasteiger partial charge on any atom is 0.243 e. The fourth-order valence-corrected chi connectivity index (χ4v) is 5.02. The van der Waals surface area contributed by atoms with Crippen molar-refractivity contribution in [3.63, 3.8) is 0 Å². The molecule has 0 bridgehead atoms. The second kappa shape index (κ2) is 12.7. The molecule has 0 heterocycles. The summed E-state index contributed by atoms with van der Waals surface area (Å²) in [5.41, 5.74) is 2.99. The van der Waals surface area contributed by atoms with Crippen LogP contribution in [0.5, 0.6) is 0 Å². The third-order valence-corrected chi connectivity index (χ3v) is 7.22. The Balaban J connectivity index is 1.63. The molecule has 5 heteroatoms. The van der Waals surface area contributed by atoms with Crippen molar-refractivity contribution in [3.05, 3.63) is 106 Å². The van der Waals surface area contributed by atoms with Gasteiger partial charge in [0.05, 0.1) is 6.42 Å². The van der Waals surface area contributed by atoms with Gasteiger partial charge in [-0.3, -0.25) is 9.59 Å². The van der Waals surface area contributed by atoms with Gasteiger partial charge in [0.2, 0.25) is 11.8 Å². The minimum atomic E-state index is -0.584. The van der Waals surface area contributed by atoms with Crippen molar-refractivity contribution in [2.24, 2.45) is 0 Å². The third kappa shape index (κ3) is 7.53. The van der Waals surface area contributed by atoms with Crippen LogP contribution < -0.4 is 5.32 Å². The van der Waals surface area contributed by atoms with Crippen molar-refractivity contribution in [1.29, 1.82) is 0 Å². The molecule has 1 atom stereocenters. The van der Waals surface area contributed by atoms with Crippen molar-refractivity contribution in [2.75, 3.05) is 0 Å². The molecule has 3 aromatic rings. The summed E-state index contributed by atoms with van der Waals surface area (Å²) in [6.45, 7) is 0.383. The molecular weight excluding hydrogens is 500 g/mol. The number of hydrogen-bond donors (Lipinski definition) is 1. The molecule has 1 N–H and O–H groups in total. The maximum atomic E-state index is 13.7. The molecular formula is C30H33BrN2O2. The van der Waals surface area contributed by atoms with Crippen molar-refractivity contribution >= 4 is 27.7 Å². The predicted octanol–water partition coefficient (Wildman–Crippen LogP) is 6.08. The van der Waals surface area contributed by atoms with Gasteiger partial charge in [-0.25, -0.2) is 0 Å². The highest BCUT2D eigenvalue weighted by atomic mass is 79.9. The van der Waals surface area contributed by atoms with E-state index in [0.29, 0.717) is 13.0 Å². The Morgan fingerprint density at radius 2 is 1.40 bits per heavy atom. The minimum Gasteiger partial charge on any atom is -0.352 e. The van der Waals surface area contributed by atoms with E-state index in [1.165, 1.54) is 6.42 Å². The second-order valence-electron chi connectivity index (χ2n) is 9.36. The first-order valence-corrected chi connectivity index (χ1v) is 13.3. The summed E-state index contributed by atoms with van der Waals surface area (Å²) in [7, 11) is 0. The monoisotopic (exact) mass is 532 g/mol. The lowest BCUT2D eigenvalue weighted by Crippen LogP contribution is -2.53. The second-order valence-corrected chi connectivity index (χ2v) is 10.3. The van der Waals surface area contributed by atoms with Gasteiger partial charge in [-0.15, -0.1) is 0 Å². The maximum absolute atomic E-state index is 13.7. The van der Waals surface area contributed by atoms with E-state index in [0.717, 1.165) is 46.8 Å². The summed E-state index contributed by atoms with van der Waals surface area (Å²) >= 11 is 3.49. The number of halogens is 1. The highest BCUT2D eigenvalue weighted by Gasteiger charge is 2.31. The Labute approximate surface area is 216 Å². The van der Waals surface area contributed by atoms with E-state index in [4.69, 9.17) is 0 Å². The summed E-state index contributed by atoms with van der Waals surface area (Å²) in [4.78, 5) is 29.3. The van der Waals surface area contributed by atoms with E-state index >= 15 is 0 Å². The first-order chi connectivity index (χ1) is 17.1. The number of carbonyl (C=O) groups excluding carboxylic acids is 2. The molecule has 35 heavy (non-hydrogen) atoms. The number of hydrogen-bond acceptors (Lipinski definition) is 2. The van der Waals surface area contributed by atoms with Gasteiger partial charge >= 0.3 is 0 Å². The first-order valence-electron chi connectivity index (χ1n) is 12.5. The number of benzene rings is 3. The lowest BCUT2D eigenvalue weighted by molar-refractivity contribution is -0.141. The van der Waals surface area contributed by atoms with Crippen molar-refractivity contribution in [2.45, 2.75) is 63.6 Å². The van der Waals surface area contributed by atoms with Crippen molar-refractivity contribution in [1.82, 2.24) is 10.2 Å². The smallest absolute Gasteiger partial charge is 0.243 e. The standard InChI is InChI=1S/C30H33BrN2O2/c31-26-18-16-25(17-19-26)22-33(29(34)21-24-12-6-2-7-13-24)28(20-23-10-4-1-5-11-23)30(35)32-27-14-8-3-9-15-27/h1-2,4-7,10-13,16-19,27-28H,3,8-9,14-15,20-22H2,(H,32,35)/t28-/m1/s1. The molecule has 0 unspecified atom stereocenters. The van der Waals surface area contributed by atoms with E-state index < -0.39 is 6.04 Å². The average Bonchev–Trinajstić information content (AvgIpc) is 2.89. The molecule has 4 rings (SSSR count). The lowest BCUT2D eigenvalue weighted by Gasteiger charge is -2.33. The first kappa shape index (κ1) is 25.2. The van der Waals surface area contributed by atoms with Crippen LogP contribution in [-0.4, -0.2) is 28.8 Å². The summed E-state index contributed by atoms with van der Waals surface area (Å²) in [6.07, 6.45) is 6.28. The molecule has 0 spiro atoms. The summed E-state index contributed by atoms with van der Waals surface area (Å²) in [5.74, 6) is -0.0990. The molecule has 3 aromatic carbocycles. The van der Waals surface area contributed by atoms with Crippen LogP contribution in [-0.2, 0) is 29.0 Å². The Kier molecular flexibility index (Phi) is 9.13. The number of rotatable bonds is 9. The number of amides is 2. The SMILES string of the molecule is O=C(NC1CCCCC1)[C@@H](Cc1ccccc1)N(Cc1ccc(Br)cc1)C(=O)Cc1ccccc1. The largest absolute Gasteiger partial charge is 0.352 e. The van der Waals surface area contributed by atoms with Crippen molar-refractivity contribution in [3.8, 4) is 0 Å². The molecule has 0 aromatic heterocycles. The molecule has 182 valence electrons. The van der Waals surface area contributed by atoms with E-state index in [2.05, 4.69) is 21.2 Å². The molecule has 0 saturated heterocycles. The minimum absolute atomic E-state index is 0.0427. The zero-order valence-corrected chi connectivity index (χ0v) is 21.6. The summed E-state index contributed by atoms with van der Waals surface area (Å²) in [5, 5.41) is 3.29. The van der Waals surface area contributed by atoms with Crippen LogP contribution >= 0.6 is 15.9 Å². The Hall–Kier alpha value is -2.92. The predicted molar refractivity (Wildman–Crippen MR) is 144 cm³/mol. The third-order valence-electron chi connectivity index (χ3n) is 6.69. The van der Waals surface area contributed by atoms with Crippen LogP contribution in [0.25, 0.3) is 0 Å². The average molecular weight is 534 g/mol. The van der Waals surface area contributed by atoms with Crippen LogP contribution in [0, 0.1) is 0 Å². The van der Waals surface area contributed by atoms with Crippen LogP contribution in [0.2, 0.25) is 0 Å². The molecule has 2 amide bonds. The summed E-state index contributed by atoms with van der Waals surface area (Å²) in [6, 6.07) is 27.3. The molecule has 1 aliphatic carbocycles. The topological polar surface area (TPSA) is 49.4 Å². The Bertz CT molecular complexity index is 1080. The molecule has 1 saturated carbocycles. The molecule has 1 fully saturated rings. The molecule has 4 nitrogen and oxygen atoms in total. The van der Waals surface area contributed by atoms with Crippen LogP contribution in [0.15, 0.2) is 89.4 Å². The quantitative estimate of drug-likeness (QED) is 0.363. The highest BCUT2D eigenvalue weighted by molar-refractivity contribution is 9.10. The van der Waals surface area contributed by atoms with Gasteiger partial charge in [0, 0.05) is 23.5 Å². The number of nitrogens with zero attached hydrogens (tertiary/aromatic N) is 1.